The standard InChI is InChI=1S/C19H17ClF3NO/c20-14-8-9-16(15(12-14)19(21,22)23)24-17(25)18(10-4-5-11-18)13-6-2-1-3-7-13/h1-3,6-9,12H,4-5,10-11H2,(H,24,25). The Morgan fingerprint density at radius 3 is 2.28 bits per heavy atom. The molecule has 0 atom stereocenters. The van der Waals surface area contributed by atoms with Crippen molar-refractivity contribution in [1.29, 1.82) is 0 Å². The lowest BCUT2D eigenvalue weighted by molar-refractivity contribution is -0.137. The molecule has 0 unspecified atom stereocenters. The second-order valence-electron chi connectivity index (χ2n) is 6.30. The van der Waals surface area contributed by atoms with E-state index in [1.165, 1.54) is 12.1 Å². The second-order valence-corrected chi connectivity index (χ2v) is 6.73. The maximum absolute atomic E-state index is 13.3. The largest absolute Gasteiger partial charge is 0.418 e. The summed E-state index contributed by atoms with van der Waals surface area (Å²) in [5.74, 6) is -0.399. The van der Waals surface area contributed by atoms with Gasteiger partial charge in [-0.2, -0.15) is 13.2 Å². The number of hydrogen-bond acceptors (Lipinski definition) is 1. The minimum Gasteiger partial charge on any atom is -0.325 e. The van der Waals surface area contributed by atoms with Gasteiger partial charge in [0, 0.05) is 5.02 Å². The molecular weight excluding hydrogens is 351 g/mol. The van der Waals surface area contributed by atoms with Crippen molar-refractivity contribution in [2.75, 3.05) is 5.32 Å². The number of amides is 1. The maximum atomic E-state index is 13.3. The summed E-state index contributed by atoms with van der Waals surface area (Å²) in [6.45, 7) is 0. The number of benzene rings is 2. The molecule has 1 fully saturated rings. The molecule has 1 saturated carbocycles. The van der Waals surface area contributed by atoms with Crippen LogP contribution in [0, 0.1) is 0 Å². The van der Waals surface area contributed by atoms with E-state index in [1.54, 1.807) is 0 Å². The van der Waals surface area contributed by atoms with Crippen molar-refractivity contribution >= 4 is 23.2 Å². The second kappa shape index (κ2) is 6.71. The molecule has 0 radical (unpaired) electrons. The van der Waals surface area contributed by atoms with E-state index in [0.29, 0.717) is 12.8 Å². The molecule has 2 nitrogen and oxygen atoms in total. The van der Waals surface area contributed by atoms with Crippen LogP contribution in [-0.4, -0.2) is 5.91 Å². The molecule has 0 spiro atoms. The van der Waals surface area contributed by atoms with Gasteiger partial charge in [-0.25, -0.2) is 0 Å². The van der Waals surface area contributed by atoms with Crippen LogP contribution in [0.5, 0.6) is 0 Å². The van der Waals surface area contributed by atoms with Crippen molar-refractivity contribution < 1.29 is 18.0 Å². The molecule has 6 heteroatoms. The highest BCUT2D eigenvalue weighted by molar-refractivity contribution is 6.30. The first-order chi connectivity index (χ1) is 11.8. The minimum absolute atomic E-state index is 0.0241. The van der Waals surface area contributed by atoms with Crippen LogP contribution in [0.15, 0.2) is 48.5 Å². The average Bonchev–Trinajstić information content (AvgIpc) is 3.07. The third-order valence-electron chi connectivity index (χ3n) is 4.75. The highest BCUT2D eigenvalue weighted by atomic mass is 35.5. The molecule has 0 saturated heterocycles. The first-order valence-corrected chi connectivity index (χ1v) is 8.44. The van der Waals surface area contributed by atoms with Gasteiger partial charge in [0.25, 0.3) is 0 Å². The summed E-state index contributed by atoms with van der Waals surface area (Å²) in [4.78, 5) is 13.0. The lowest BCUT2D eigenvalue weighted by Crippen LogP contribution is -2.38. The van der Waals surface area contributed by atoms with Crippen LogP contribution in [0.2, 0.25) is 5.02 Å². The van der Waals surface area contributed by atoms with Gasteiger partial charge in [-0.3, -0.25) is 4.79 Å². The van der Waals surface area contributed by atoms with E-state index in [9.17, 15) is 18.0 Å². The van der Waals surface area contributed by atoms with Gasteiger partial charge in [0.05, 0.1) is 16.7 Å². The topological polar surface area (TPSA) is 29.1 Å². The monoisotopic (exact) mass is 367 g/mol. The maximum Gasteiger partial charge on any atom is 0.418 e. The average molecular weight is 368 g/mol. The van der Waals surface area contributed by atoms with Crippen molar-refractivity contribution in [3.05, 3.63) is 64.7 Å². The Hall–Kier alpha value is -2.01. The van der Waals surface area contributed by atoms with E-state index in [4.69, 9.17) is 11.6 Å². The van der Waals surface area contributed by atoms with Crippen LogP contribution in [0.25, 0.3) is 0 Å². The summed E-state index contributed by atoms with van der Waals surface area (Å²) in [5.41, 5.74) is -1.14. The van der Waals surface area contributed by atoms with Gasteiger partial charge in [-0.1, -0.05) is 54.8 Å². The number of halogens is 4. The van der Waals surface area contributed by atoms with Gasteiger partial charge in [0.2, 0.25) is 5.91 Å². The SMILES string of the molecule is O=C(Nc1ccc(Cl)cc1C(F)(F)F)C1(c2ccccc2)CCCC1. The lowest BCUT2D eigenvalue weighted by Gasteiger charge is -2.29. The molecule has 0 bridgehead atoms. The van der Waals surface area contributed by atoms with E-state index < -0.39 is 23.1 Å². The molecule has 3 rings (SSSR count). The minimum atomic E-state index is -4.59. The van der Waals surface area contributed by atoms with Crippen LogP contribution in [0.4, 0.5) is 18.9 Å². The third-order valence-corrected chi connectivity index (χ3v) is 4.99. The Balaban J connectivity index is 1.96. The fourth-order valence-corrected chi connectivity index (χ4v) is 3.66. The van der Waals surface area contributed by atoms with Crippen molar-refractivity contribution in [2.45, 2.75) is 37.3 Å². The molecule has 2 aromatic rings. The van der Waals surface area contributed by atoms with Gasteiger partial charge in [0.15, 0.2) is 0 Å². The van der Waals surface area contributed by atoms with Crippen molar-refractivity contribution in [3.63, 3.8) is 0 Å². The summed E-state index contributed by atoms with van der Waals surface area (Å²) < 4.78 is 39.8. The molecule has 1 aliphatic carbocycles. The Bertz CT molecular complexity index is 768. The first-order valence-electron chi connectivity index (χ1n) is 8.07. The van der Waals surface area contributed by atoms with Gasteiger partial charge in [-0.15, -0.1) is 0 Å². The smallest absolute Gasteiger partial charge is 0.325 e. The van der Waals surface area contributed by atoms with Crippen LogP contribution in [0.1, 0.15) is 36.8 Å². The van der Waals surface area contributed by atoms with Crippen LogP contribution >= 0.6 is 11.6 Å². The van der Waals surface area contributed by atoms with Gasteiger partial charge >= 0.3 is 6.18 Å². The summed E-state index contributed by atoms with van der Waals surface area (Å²) in [6.07, 6.45) is -1.61. The summed E-state index contributed by atoms with van der Waals surface area (Å²) in [7, 11) is 0. The van der Waals surface area contributed by atoms with E-state index in [1.807, 2.05) is 30.3 Å². The fraction of sp³-hybridized carbons (Fsp3) is 0.316. The van der Waals surface area contributed by atoms with E-state index in [0.717, 1.165) is 24.5 Å². The zero-order chi connectivity index (χ0) is 18.1. The number of carbonyl (C=O) groups is 1. The van der Waals surface area contributed by atoms with E-state index in [2.05, 4.69) is 5.32 Å². The number of carbonyl (C=O) groups excluding carboxylic acids is 1. The van der Waals surface area contributed by atoms with Gasteiger partial charge < -0.3 is 5.32 Å². The number of alkyl halides is 3. The number of nitrogens with one attached hydrogen (secondary N) is 1. The fourth-order valence-electron chi connectivity index (χ4n) is 3.48. The van der Waals surface area contributed by atoms with E-state index in [-0.39, 0.29) is 10.7 Å². The van der Waals surface area contributed by atoms with Crippen molar-refractivity contribution in [1.82, 2.24) is 0 Å². The molecule has 25 heavy (non-hydrogen) atoms. The molecular formula is C19H17ClF3NO. The predicted molar refractivity (Wildman–Crippen MR) is 91.7 cm³/mol. The third kappa shape index (κ3) is 3.52. The zero-order valence-corrected chi connectivity index (χ0v) is 14.1. The zero-order valence-electron chi connectivity index (χ0n) is 13.4. The van der Waals surface area contributed by atoms with Crippen molar-refractivity contribution in [3.8, 4) is 0 Å². The predicted octanol–water partition coefficient (Wildman–Crippen LogP) is 5.81. The van der Waals surface area contributed by atoms with Crippen LogP contribution in [-0.2, 0) is 16.4 Å². The Kier molecular flexibility index (Phi) is 4.78. The molecule has 0 aliphatic heterocycles. The Labute approximate surface area is 149 Å². The quantitative estimate of drug-likeness (QED) is 0.728. The van der Waals surface area contributed by atoms with Crippen LogP contribution in [0.3, 0.4) is 0 Å². The normalized spacial score (nSPS) is 16.6. The lowest BCUT2D eigenvalue weighted by atomic mass is 9.78. The van der Waals surface area contributed by atoms with Gasteiger partial charge in [-0.05, 0) is 36.6 Å². The Morgan fingerprint density at radius 2 is 1.68 bits per heavy atom. The number of hydrogen-bond donors (Lipinski definition) is 1. The number of anilines is 1. The van der Waals surface area contributed by atoms with Crippen LogP contribution < -0.4 is 5.32 Å². The summed E-state index contributed by atoms with van der Waals surface area (Å²) in [6, 6.07) is 12.6. The molecule has 1 N–H and O–H groups in total. The molecule has 0 heterocycles. The number of rotatable bonds is 3. The molecule has 1 aliphatic rings. The van der Waals surface area contributed by atoms with E-state index >= 15 is 0 Å². The molecule has 132 valence electrons. The Morgan fingerprint density at radius 1 is 1.04 bits per heavy atom. The highest BCUT2D eigenvalue weighted by Crippen LogP contribution is 2.43. The highest BCUT2D eigenvalue weighted by Gasteiger charge is 2.43. The first kappa shape index (κ1) is 17.8. The van der Waals surface area contributed by atoms with Crippen molar-refractivity contribution in [2.24, 2.45) is 0 Å². The van der Waals surface area contributed by atoms with Gasteiger partial charge in [0.1, 0.15) is 0 Å². The summed E-state index contributed by atoms with van der Waals surface area (Å²) >= 11 is 5.70. The molecule has 0 aromatic heterocycles. The summed E-state index contributed by atoms with van der Waals surface area (Å²) in [5, 5.41) is 2.48. The molecule has 1 amide bonds. The molecule has 2 aromatic carbocycles.